The minimum absolute atomic E-state index is 0.230. The van der Waals surface area contributed by atoms with E-state index in [0.717, 1.165) is 17.7 Å². The first-order chi connectivity index (χ1) is 11.5. The number of aromatic nitrogens is 1. The third-order valence-electron chi connectivity index (χ3n) is 3.37. The smallest absolute Gasteiger partial charge is 0.416 e. The molecule has 6 heteroatoms. The first-order valence-corrected chi connectivity index (χ1v) is 7.89. The van der Waals surface area contributed by atoms with Crippen LogP contribution in [-0.4, -0.2) is 16.6 Å². The summed E-state index contributed by atoms with van der Waals surface area (Å²) in [6.07, 6.45) is -2.07. The van der Waals surface area contributed by atoms with E-state index in [1.165, 1.54) is 12.1 Å². The van der Waals surface area contributed by atoms with Crippen LogP contribution in [0, 0.1) is 0 Å². The molecule has 0 unspecified atom stereocenters. The fraction of sp³-hybridized carbons (Fsp3) is 0.368. The summed E-state index contributed by atoms with van der Waals surface area (Å²) < 4.78 is 43.1. The number of alkyl halides is 3. The van der Waals surface area contributed by atoms with Crippen molar-refractivity contribution < 1.29 is 22.7 Å². The maximum Gasteiger partial charge on any atom is 0.416 e. The standard InChI is InChI=1S/C19H20F3NO2/c1-18(2,3)25-17(24)9-4-13-10-11-23-16(12-13)14-5-7-15(8-6-14)19(20,21)22/h5-8,10-12H,4,9H2,1-3H3. The minimum atomic E-state index is -4.36. The van der Waals surface area contributed by atoms with E-state index in [4.69, 9.17) is 4.74 Å². The van der Waals surface area contributed by atoms with Gasteiger partial charge in [-0.1, -0.05) is 12.1 Å². The molecule has 0 spiro atoms. The number of pyridine rings is 1. The monoisotopic (exact) mass is 351 g/mol. The molecular weight excluding hydrogens is 331 g/mol. The molecule has 1 aromatic carbocycles. The summed E-state index contributed by atoms with van der Waals surface area (Å²) in [6, 6.07) is 8.39. The number of hydrogen-bond donors (Lipinski definition) is 0. The summed E-state index contributed by atoms with van der Waals surface area (Å²) in [5.41, 5.74) is 0.802. The Labute approximate surface area is 144 Å². The Hall–Kier alpha value is -2.37. The Bertz CT molecular complexity index is 732. The number of ether oxygens (including phenoxy) is 1. The zero-order valence-corrected chi connectivity index (χ0v) is 14.4. The van der Waals surface area contributed by atoms with Crippen LogP contribution in [0.2, 0.25) is 0 Å². The molecule has 0 aliphatic rings. The number of esters is 1. The van der Waals surface area contributed by atoms with Gasteiger partial charge in [0, 0.05) is 18.2 Å². The molecule has 0 radical (unpaired) electrons. The van der Waals surface area contributed by atoms with Crippen molar-refractivity contribution in [3.63, 3.8) is 0 Å². The Morgan fingerprint density at radius 3 is 2.28 bits per heavy atom. The lowest BCUT2D eigenvalue weighted by Gasteiger charge is -2.19. The molecule has 2 aromatic rings. The zero-order valence-electron chi connectivity index (χ0n) is 14.4. The summed E-state index contributed by atoms with van der Waals surface area (Å²) in [5, 5.41) is 0. The van der Waals surface area contributed by atoms with Crippen LogP contribution in [0.25, 0.3) is 11.3 Å². The maximum atomic E-state index is 12.6. The van der Waals surface area contributed by atoms with Crippen molar-refractivity contribution in [2.45, 2.75) is 45.4 Å². The maximum absolute atomic E-state index is 12.6. The van der Waals surface area contributed by atoms with E-state index in [-0.39, 0.29) is 12.4 Å². The highest BCUT2D eigenvalue weighted by molar-refractivity contribution is 5.70. The van der Waals surface area contributed by atoms with Crippen molar-refractivity contribution in [2.24, 2.45) is 0 Å². The molecule has 0 N–H and O–H groups in total. The molecular formula is C19H20F3NO2. The lowest BCUT2D eigenvalue weighted by Crippen LogP contribution is -2.24. The molecule has 134 valence electrons. The molecule has 0 aliphatic carbocycles. The van der Waals surface area contributed by atoms with Gasteiger partial charge in [-0.3, -0.25) is 9.78 Å². The number of hydrogen-bond acceptors (Lipinski definition) is 3. The molecule has 25 heavy (non-hydrogen) atoms. The van der Waals surface area contributed by atoms with E-state index in [1.807, 2.05) is 0 Å². The van der Waals surface area contributed by atoms with Crippen LogP contribution in [0.1, 0.15) is 38.3 Å². The van der Waals surface area contributed by atoms with Crippen LogP contribution in [0.4, 0.5) is 13.2 Å². The normalized spacial score (nSPS) is 12.1. The molecule has 1 aromatic heterocycles. The highest BCUT2D eigenvalue weighted by Crippen LogP contribution is 2.30. The first kappa shape index (κ1) is 19.0. The quantitative estimate of drug-likeness (QED) is 0.724. The fourth-order valence-electron chi connectivity index (χ4n) is 2.26. The second kappa shape index (κ2) is 7.25. The molecule has 1 heterocycles. The first-order valence-electron chi connectivity index (χ1n) is 7.89. The van der Waals surface area contributed by atoms with E-state index in [1.54, 1.807) is 39.1 Å². The summed E-state index contributed by atoms with van der Waals surface area (Å²) in [4.78, 5) is 16.0. The Balaban J connectivity index is 2.07. The molecule has 0 saturated heterocycles. The molecule has 0 aliphatic heterocycles. The number of nitrogens with zero attached hydrogens (tertiary/aromatic N) is 1. The summed E-state index contributed by atoms with van der Waals surface area (Å²) in [7, 11) is 0. The van der Waals surface area contributed by atoms with E-state index >= 15 is 0 Å². The van der Waals surface area contributed by atoms with Crippen molar-refractivity contribution in [3.8, 4) is 11.3 Å². The molecule has 0 bridgehead atoms. The molecule has 0 amide bonds. The van der Waals surface area contributed by atoms with E-state index in [2.05, 4.69) is 4.98 Å². The third kappa shape index (κ3) is 5.89. The zero-order chi connectivity index (χ0) is 18.7. The van der Waals surface area contributed by atoms with E-state index < -0.39 is 17.3 Å². The molecule has 2 rings (SSSR count). The van der Waals surface area contributed by atoms with Crippen molar-refractivity contribution >= 4 is 5.97 Å². The summed E-state index contributed by atoms with van der Waals surface area (Å²) >= 11 is 0. The number of carbonyl (C=O) groups excluding carboxylic acids is 1. The van der Waals surface area contributed by atoms with Gasteiger partial charge in [-0.25, -0.2) is 0 Å². The van der Waals surface area contributed by atoms with Gasteiger partial charge in [0.1, 0.15) is 5.60 Å². The van der Waals surface area contributed by atoms with Gasteiger partial charge in [-0.05, 0) is 57.0 Å². The fourth-order valence-corrected chi connectivity index (χ4v) is 2.26. The largest absolute Gasteiger partial charge is 0.460 e. The summed E-state index contributed by atoms with van der Waals surface area (Å²) in [5.74, 6) is -0.291. The SMILES string of the molecule is CC(C)(C)OC(=O)CCc1ccnc(-c2ccc(C(F)(F)F)cc2)c1. The highest BCUT2D eigenvalue weighted by atomic mass is 19.4. The number of rotatable bonds is 4. The number of halogens is 3. The molecule has 0 atom stereocenters. The predicted octanol–water partition coefficient (Wildman–Crippen LogP) is 5.04. The topological polar surface area (TPSA) is 39.2 Å². The Morgan fingerprint density at radius 1 is 1.08 bits per heavy atom. The van der Waals surface area contributed by atoms with Gasteiger partial charge in [-0.2, -0.15) is 13.2 Å². The summed E-state index contributed by atoms with van der Waals surface area (Å²) in [6.45, 7) is 5.42. The Morgan fingerprint density at radius 2 is 1.72 bits per heavy atom. The van der Waals surface area contributed by atoms with Crippen molar-refractivity contribution in [3.05, 3.63) is 53.7 Å². The highest BCUT2D eigenvalue weighted by Gasteiger charge is 2.30. The van der Waals surface area contributed by atoms with Crippen LogP contribution >= 0.6 is 0 Å². The average molecular weight is 351 g/mol. The van der Waals surface area contributed by atoms with Crippen molar-refractivity contribution in [1.29, 1.82) is 0 Å². The Kier molecular flexibility index (Phi) is 5.50. The number of benzene rings is 1. The van der Waals surface area contributed by atoms with E-state index in [9.17, 15) is 18.0 Å². The third-order valence-corrected chi connectivity index (χ3v) is 3.37. The van der Waals surface area contributed by atoms with Crippen LogP contribution in [-0.2, 0) is 22.1 Å². The average Bonchev–Trinajstić information content (AvgIpc) is 2.51. The van der Waals surface area contributed by atoms with E-state index in [0.29, 0.717) is 17.7 Å². The lowest BCUT2D eigenvalue weighted by atomic mass is 10.0. The lowest BCUT2D eigenvalue weighted by molar-refractivity contribution is -0.154. The van der Waals surface area contributed by atoms with Crippen molar-refractivity contribution in [1.82, 2.24) is 4.98 Å². The number of carbonyl (C=O) groups is 1. The van der Waals surface area contributed by atoms with Crippen LogP contribution in [0.5, 0.6) is 0 Å². The number of aryl methyl sites for hydroxylation is 1. The van der Waals surface area contributed by atoms with Gasteiger partial charge in [0.2, 0.25) is 0 Å². The van der Waals surface area contributed by atoms with Gasteiger partial charge < -0.3 is 4.74 Å². The van der Waals surface area contributed by atoms with Crippen LogP contribution in [0.3, 0.4) is 0 Å². The van der Waals surface area contributed by atoms with Gasteiger partial charge in [-0.15, -0.1) is 0 Å². The van der Waals surface area contributed by atoms with Crippen LogP contribution < -0.4 is 0 Å². The van der Waals surface area contributed by atoms with Gasteiger partial charge >= 0.3 is 12.1 Å². The molecule has 0 saturated carbocycles. The molecule has 0 fully saturated rings. The second-order valence-corrected chi connectivity index (χ2v) is 6.71. The minimum Gasteiger partial charge on any atom is -0.460 e. The van der Waals surface area contributed by atoms with Gasteiger partial charge in [0.15, 0.2) is 0 Å². The van der Waals surface area contributed by atoms with Gasteiger partial charge in [0.05, 0.1) is 11.3 Å². The van der Waals surface area contributed by atoms with Gasteiger partial charge in [0.25, 0.3) is 0 Å². The molecule has 3 nitrogen and oxygen atoms in total. The van der Waals surface area contributed by atoms with Crippen molar-refractivity contribution in [2.75, 3.05) is 0 Å². The second-order valence-electron chi connectivity index (χ2n) is 6.71. The van der Waals surface area contributed by atoms with Crippen LogP contribution in [0.15, 0.2) is 42.6 Å². The predicted molar refractivity (Wildman–Crippen MR) is 88.8 cm³/mol.